The highest BCUT2D eigenvalue weighted by Crippen LogP contribution is 2.21. The average molecular weight is 257 g/mol. The van der Waals surface area contributed by atoms with E-state index in [4.69, 9.17) is 16.2 Å². The maximum atomic E-state index is 5.74. The summed E-state index contributed by atoms with van der Waals surface area (Å²) in [5.74, 6) is 1.31. The Hall–Kier alpha value is -2.63. The summed E-state index contributed by atoms with van der Waals surface area (Å²) in [4.78, 5) is 12.3. The molecule has 0 aliphatic carbocycles. The number of benzene rings is 1. The van der Waals surface area contributed by atoms with Gasteiger partial charge in [-0.3, -0.25) is 4.99 Å². The van der Waals surface area contributed by atoms with Crippen molar-refractivity contribution in [3.63, 3.8) is 0 Å². The van der Waals surface area contributed by atoms with Gasteiger partial charge in [0.25, 0.3) is 0 Å². The minimum atomic E-state index is 0.264. The van der Waals surface area contributed by atoms with Crippen LogP contribution in [0.15, 0.2) is 35.5 Å². The zero-order valence-electron chi connectivity index (χ0n) is 10.8. The van der Waals surface area contributed by atoms with Crippen LogP contribution in [0.2, 0.25) is 0 Å². The third kappa shape index (κ3) is 2.62. The molecule has 0 atom stereocenters. The zero-order valence-corrected chi connectivity index (χ0v) is 10.8. The summed E-state index contributed by atoms with van der Waals surface area (Å²) in [5.41, 5.74) is 13.4. The van der Waals surface area contributed by atoms with Gasteiger partial charge >= 0.3 is 0 Å². The molecule has 0 aliphatic heterocycles. The van der Waals surface area contributed by atoms with Crippen molar-refractivity contribution in [3.05, 3.63) is 36.2 Å². The summed E-state index contributed by atoms with van der Waals surface area (Å²) < 4.78 is 5.11. The van der Waals surface area contributed by atoms with Crippen molar-refractivity contribution < 1.29 is 4.74 Å². The fraction of sp³-hybridized carbons (Fsp3) is 0.154. The average Bonchev–Trinajstić information content (AvgIpc) is 2.47. The highest BCUT2D eigenvalue weighted by atomic mass is 16.5. The summed E-state index contributed by atoms with van der Waals surface area (Å²) in [6.07, 6.45) is 1.60. The largest absolute Gasteiger partial charge is 0.497 e. The van der Waals surface area contributed by atoms with E-state index in [2.05, 4.69) is 15.0 Å². The molecule has 2 aromatic rings. The fourth-order valence-corrected chi connectivity index (χ4v) is 1.59. The van der Waals surface area contributed by atoms with Crippen molar-refractivity contribution >= 4 is 11.7 Å². The molecule has 2 rings (SSSR count). The predicted molar refractivity (Wildman–Crippen MR) is 75.1 cm³/mol. The van der Waals surface area contributed by atoms with Crippen LogP contribution in [0, 0.1) is 0 Å². The number of aromatic nitrogens is 2. The predicted octanol–water partition coefficient (Wildman–Crippen LogP) is 1.07. The van der Waals surface area contributed by atoms with Gasteiger partial charge in [0.1, 0.15) is 17.3 Å². The molecule has 0 saturated heterocycles. The van der Waals surface area contributed by atoms with Crippen molar-refractivity contribution in [2.24, 2.45) is 10.7 Å². The molecule has 0 radical (unpaired) electrons. The van der Waals surface area contributed by atoms with E-state index in [1.807, 2.05) is 24.3 Å². The minimum absolute atomic E-state index is 0.264. The second kappa shape index (κ2) is 5.34. The van der Waals surface area contributed by atoms with Crippen LogP contribution in [0.1, 0.15) is 5.69 Å². The van der Waals surface area contributed by atoms with E-state index in [0.29, 0.717) is 11.4 Å². The van der Waals surface area contributed by atoms with E-state index in [0.717, 1.165) is 11.3 Å². The third-order valence-electron chi connectivity index (χ3n) is 2.67. The van der Waals surface area contributed by atoms with E-state index in [1.54, 1.807) is 20.4 Å². The lowest BCUT2D eigenvalue weighted by atomic mass is 10.1. The minimum Gasteiger partial charge on any atom is -0.497 e. The lowest BCUT2D eigenvalue weighted by Crippen LogP contribution is -2.18. The fourth-order valence-electron chi connectivity index (χ4n) is 1.59. The number of nitrogens with zero attached hydrogens (tertiary/aromatic N) is 3. The number of ether oxygens (including phenoxy) is 1. The molecule has 4 N–H and O–H groups in total. The van der Waals surface area contributed by atoms with Crippen LogP contribution >= 0.6 is 0 Å². The van der Waals surface area contributed by atoms with Gasteiger partial charge < -0.3 is 16.2 Å². The molecule has 6 heteroatoms. The van der Waals surface area contributed by atoms with Crippen molar-refractivity contribution in [2.45, 2.75) is 0 Å². The van der Waals surface area contributed by atoms with Crippen molar-refractivity contribution in [1.82, 2.24) is 9.97 Å². The topological polar surface area (TPSA) is 99.4 Å². The first-order valence-electron chi connectivity index (χ1n) is 5.65. The van der Waals surface area contributed by atoms with Gasteiger partial charge in [0, 0.05) is 12.6 Å². The molecule has 1 heterocycles. The smallest absolute Gasteiger partial charge is 0.153 e. The monoisotopic (exact) mass is 257 g/mol. The Kier molecular flexibility index (Phi) is 3.61. The molecule has 0 unspecified atom stereocenters. The second-order valence-corrected chi connectivity index (χ2v) is 3.83. The van der Waals surface area contributed by atoms with Crippen molar-refractivity contribution in [3.8, 4) is 17.0 Å². The normalized spacial score (nSPS) is 11.4. The van der Waals surface area contributed by atoms with Gasteiger partial charge in [-0.05, 0) is 24.3 Å². The molecule has 6 nitrogen and oxygen atoms in total. The van der Waals surface area contributed by atoms with E-state index < -0.39 is 0 Å². The van der Waals surface area contributed by atoms with Crippen molar-refractivity contribution in [1.29, 1.82) is 0 Å². The van der Waals surface area contributed by atoms with Crippen LogP contribution in [-0.4, -0.2) is 30.0 Å². The Balaban J connectivity index is 2.45. The van der Waals surface area contributed by atoms with Crippen LogP contribution in [0.5, 0.6) is 5.75 Å². The molecule has 98 valence electrons. The van der Waals surface area contributed by atoms with Crippen LogP contribution in [0.4, 0.5) is 5.82 Å². The summed E-state index contributed by atoms with van der Waals surface area (Å²) in [6.45, 7) is 0. The maximum Gasteiger partial charge on any atom is 0.153 e. The molecule has 0 bridgehead atoms. The highest BCUT2D eigenvalue weighted by Gasteiger charge is 2.09. The Morgan fingerprint density at radius 1 is 1.26 bits per heavy atom. The number of nitrogens with two attached hydrogens (primary N) is 2. The van der Waals surface area contributed by atoms with Crippen LogP contribution in [0.3, 0.4) is 0 Å². The quantitative estimate of drug-likeness (QED) is 0.633. The summed E-state index contributed by atoms with van der Waals surface area (Å²) in [7, 11) is 3.20. The van der Waals surface area contributed by atoms with Gasteiger partial charge in [-0.25, -0.2) is 9.97 Å². The Morgan fingerprint density at radius 3 is 2.53 bits per heavy atom. The first kappa shape index (κ1) is 12.8. The Morgan fingerprint density at radius 2 is 1.95 bits per heavy atom. The van der Waals surface area contributed by atoms with Crippen LogP contribution in [0.25, 0.3) is 11.3 Å². The molecule has 1 aromatic heterocycles. The van der Waals surface area contributed by atoms with Crippen molar-refractivity contribution in [2.75, 3.05) is 19.9 Å². The molecule has 1 aromatic carbocycles. The number of hydrogen-bond acceptors (Lipinski definition) is 5. The van der Waals surface area contributed by atoms with Gasteiger partial charge in [0.05, 0.1) is 19.0 Å². The number of rotatable bonds is 3. The lowest BCUT2D eigenvalue weighted by Gasteiger charge is -2.07. The van der Waals surface area contributed by atoms with E-state index in [-0.39, 0.29) is 11.7 Å². The first-order chi connectivity index (χ1) is 9.15. The summed E-state index contributed by atoms with van der Waals surface area (Å²) >= 11 is 0. The molecule has 0 fully saturated rings. The highest BCUT2D eigenvalue weighted by molar-refractivity contribution is 5.99. The lowest BCUT2D eigenvalue weighted by molar-refractivity contribution is 0.415. The number of nitrogen functional groups attached to an aromatic ring is 1. The van der Waals surface area contributed by atoms with Gasteiger partial charge in [0.15, 0.2) is 5.82 Å². The SMILES string of the molecule is CN=C(N)c1nc(-c2ccc(OC)cc2)cnc1N. The zero-order chi connectivity index (χ0) is 13.8. The number of amidine groups is 1. The van der Waals surface area contributed by atoms with Gasteiger partial charge in [0.2, 0.25) is 0 Å². The molecule has 19 heavy (non-hydrogen) atoms. The molecular formula is C13H15N5O. The first-order valence-corrected chi connectivity index (χ1v) is 5.65. The number of hydrogen-bond donors (Lipinski definition) is 2. The van der Waals surface area contributed by atoms with Crippen LogP contribution in [-0.2, 0) is 0 Å². The third-order valence-corrected chi connectivity index (χ3v) is 2.67. The standard InChI is InChI=1S/C13H15N5O/c1-16-12(14)11-13(15)17-7-10(18-11)8-3-5-9(19-2)6-4-8/h3-7H,1-2H3,(H2,14,16)(H2,15,17). The number of anilines is 1. The second-order valence-electron chi connectivity index (χ2n) is 3.83. The maximum absolute atomic E-state index is 5.74. The Bertz CT molecular complexity index is 607. The molecule has 0 spiro atoms. The molecular weight excluding hydrogens is 242 g/mol. The number of methoxy groups -OCH3 is 1. The van der Waals surface area contributed by atoms with Gasteiger partial charge in [-0.1, -0.05) is 0 Å². The van der Waals surface area contributed by atoms with Gasteiger partial charge in [-0.15, -0.1) is 0 Å². The molecule has 0 saturated carbocycles. The van der Waals surface area contributed by atoms with Gasteiger partial charge in [-0.2, -0.15) is 0 Å². The van der Waals surface area contributed by atoms with Crippen LogP contribution < -0.4 is 16.2 Å². The summed E-state index contributed by atoms with van der Waals surface area (Å²) in [6, 6.07) is 7.48. The van der Waals surface area contributed by atoms with E-state index >= 15 is 0 Å². The molecule has 0 aliphatic rings. The van der Waals surface area contributed by atoms with E-state index in [1.165, 1.54) is 0 Å². The Labute approximate surface area is 111 Å². The number of aliphatic imine (C=N–C) groups is 1. The summed E-state index contributed by atoms with van der Waals surface area (Å²) in [5, 5.41) is 0. The molecule has 0 amide bonds. The van der Waals surface area contributed by atoms with E-state index in [9.17, 15) is 0 Å².